The van der Waals surface area contributed by atoms with E-state index in [-0.39, 0.29) is 30.7 Å². The Labute approximate surface area is 118 Å². The predicted octanol–water partition coefficient (Wildman–Crippen LogP) is 1.64. The van der Waals surface area contributed by atoms with Crippen LogP contribution in [0.15, 0.2) is 18.2 Å². The van der Waals surface area contributed by atoms with Gasteiger partial charge < -0.3 is 9.84 Å². The second-order valence-electron chi connectivity index (χ2n) is 5.17. The lowest BCUT2D eigenvalue weighted by Gasteiger charge is -2.18. The minimum Gasteiger partial charge on any atom is -0.496 e. The summed E-state index contributed by atoms with van der Waals surface area (Å²) in [7, 11) is 1.54. The zero-order valence-electron chi connectivity index (χ0n) is 11.9. The average molecular weight is 277 g/mol. The molecule has 1 aromatic rings. The highest BCUT2D eigenvalue weighted by molar-refractivity contribution is 6.03. The van der Waals surface area contributed by atoms with Crippen LogP contribution in [0.25, 0.3) is 0 Å². The molecular formula is C15H19NO4. The van der Waals surface area contributed by atoms with E-state index in [2.05, 4.69) is 0 Å². The average Bonchev–Trinajstić information content (AvgIpc) is 2.65. The van der Waals surface area contributed by atoms with Gasteiger partial charge in [0.05, 0.1) is 19.8 Å². The van der Waals surface area contributed by atoms with Crippen molar-refractivity contribution < 1.29 is 19.4 Å². The first-order valence-electron chi connectivity index (χ1n) is 6.63. The predicted molar refractivity (Wildman–Crippen MR) is 73.0 cm³/mol. The minimum atomic E-state index is -0.608. The van der Waals surface area contributed by atoms with Gasteiger partial charge in [-0.25, -0.2) is 0 Å². The van der Waals surface area contributed by atoms with Crippen molar-refractivity contribution in [2.24, 2.45) is 5.92 Å². The van der Waals surface area contributed by atoms with Crippen molar-refractivity contribution in [2.75, 3.05) is 7.11 Å². The van der Waals surface area contributed by atoms with Crippen LogP contribution in [0.2, 0.25) is 0 Å². The van der Waals surface area contributed by atoms with Gasteiger partial charge in [-0.1, -0.05) is 13.0 Å². The number of amides is 2. The largest absolute Gasteiger partial charge is 0.496 e. The Balaban J connectivity index is 2.30. The van der Waals surface area contributed by atoms with Crippen molar-refractivity contribution in [3.63, 3.8) is 0 Å². The summed E-state index contributed by atoms with van der Waals surface area (Å²) < 4.78 is 5.26. The summed E-state index contributed by atoms with van der Waals surface area (Å²) >= 11 is 0. The number of hydrogen-bond acceptors (Lipinski definition) is 4. The van der Waals surface area contributed by atoms with E-state index in [0.29, 0.717) is 5.75 Å². The van der Waals surface area contributed by atoms with Gasteiger partial charge in [0, 0.05) is 17.9 Å². The molecule has 0 radical (unpaired) electrons. The molecule has 1 fully saturated rings. The molecule has 0 aliphatic carbocycles. The monoisotopic (exact) mass is 277 g/mol. The first-order valence-corrected chi connectivity index (χ1v) is 6.63. The van der Waals surface area contributed by atoms with Gasteiger partial charge in [-0.3, -0.25) is 14.5 Å². The number of hydrogen-bond donors (Lipinski definition) is 1. The fourth-order valence-electron chi connectivity index (χ4n) is 2.37. The molecule has 2 atom stereocenters. The Morgan fingerprint density at radius 1 is 1.45 bits per heavy atom. The molecule has 1 heterocycles. The highest BCUT2D eigenvalue weighted by Gasteiger charge is 2.35. The fourth-order valence-corrected chi connectivity index (χ4v) is 2.37. The number of nitrogens with zero attached hydrogens (tertiary/aromatic N) is 1. The number of benzene rings is 1. The molecule has 1 aliphatic heterocycles. The molecule has 5 nitrogen and oxygen atoms in total. The summed E-state index contributed by atoms with van der Waals surface area (Å²) in [5, 5.41) is 9.63. The second-order valence-corrected chi connectivity index (χ2v) is 5.17. The van der Waals surface area contributed by atoms with Crippen LogP contribution in [0.1, 0.15) is 37.5 Å². The first kappa shape index (κ1) is 14.5. The van der Waals surface area contributed by atoms with E-state index in [9.17, 15) is 14.7 Å². The molecule has 0 spiro atoms. The number of rotatable bonds is 4. The van der Waals surface area contributed by atoms with Crippen LogP contribution in [0, 0.1) is 5.92 Å². The maximum Gasteiger partial charge on any atom is 0.232 e. The number of aliphatic hydroxyl groups excluding tert-OH is 1. The van der Waals surface area contributed by atoms with Crippen LogP contribution in [0.4, 0.5) is 0 Å². The number of ether oxygens (including phenoxy) is 1. The second kappa shape index (κ2) is 5.63. The Kier molecular flexibility index (Phi) is 4.09. The zero-order chi connectivity index (χ0) is 14.9. The molecule has 2 amide bonds. The van der Waals surface area contributed by atoms with Crippen molar-refractivity contribution in [1.82, 2.24) is 4.90 Å². The number of carbonyl (C=O) groups excluding carboxylic acids is 2. The summed E-state index contributed by atoms with van der Waals surface area (Å²) in [5.41, 5.74) is 1.45. The van der Waals surface area contributed by atoms with Crippen LogP contribution in [-0.4, -0.2) is 28.9 Å². The Bertz CT molecular complexity index is 539. The van der Waals surface area contributed by atoms with Gasteiger partial charge in [0.2, 0.25) is 11.8 Å². The first-order chi connectivity index (χ1) is 9.43. The van der Waals surface area contributed by atoms with Crippen LogP contribution in [0.5, 0.6) is 5.75 Å². The van der Waals surface area contributed by atoms with E-state index in [1.807, 2.05) is 0 Å². The van der Waals surface area contributed by atoms with Gasteiger partial charge in [0.25, 0.3) is 0 Å². The van der Waals surface area contributed by atoms with E-state index in [1.165, 1.54) is 12.0 Å². The van der Waals surface area contributed by atoms with Crippen LogP contribution in [-0.2, 0) is 16.1 Å². The molecule has 2 unspecified atom stereocenters. The van der Waals surface area contributed by atoms with E-state index in [1.54, 1.807) is 32.0 Å². The summed E-state index contributed by atoms with van der Waals surface area (Å²) in [6.07, 6.45) is -0.347. The number of carbonyl (C=O) groups is 2. The third-order valence-corrected chi connectivity index (χ3v) is 3.58. The molecule has 0 bridgehead atoms. The maximum atomic E-state index is 12.0. The lowest BCUT2D eigenvalue weighted by atomic mass is 10.1. The Morgan fingerprint density at radius 2 is 2.15 bits per heavy atom. The Hall–Kier alpha value is -1.88. The van der Waals surface area contributed by atoms with Gasteiger partial charge in [-0.15, -0.1) is 0 Å². The summed E-state index contributed by atoms with van der Waals surface area (Å²) in [6.45, 7) is 3.61. The third-order valence-electron chi connectivity index (χ3n) is 3.58. The molecule has 20 heavy (non-hydrogen) atoms. The van der Waals surface area contributed by atoms with E-state index >= 15 is 0 Å². The van der Waals surface area contributed by atoms with E-state index < -0.39 is 6.10 Å². The third kappa shape index (κ3) is 2.67. The quantitative estimate of drug-likeness (QED) is 0.850. The molecule has 0 aromatic heterocycles. The van der Waals surface area contributed by atoms with Gasteiger partial charge in [-0.05, 0) is 24.6 Å². The molecule has 5 heteroatoms. The van der Waals surface area contributed by atoms with E-state index in [4.69, 9.17) is 4.74 Å². The Morgan fingerprint density at radius 3 is 2.65 bits per heavy atom. The number of methoxy groups -OCH3 is 1. The smallest absolute Gasteiger partial charge is 0.232 e. The van der Waals surface area contributed by atoms with Crippen molar-refractivity contribution in [3.05, 3.63) is 29.3 Å². The van der Waals surface area contributed by atoms with Crippen molar-refractivity contribution in [3.8, 4) is 5.75 Å². The van der Waals surface area contributed by atoms with Gasteiger partial charge in [0.15, 0.2) is 0 Å². The molecule has 0 saturated carbocycles. The minimum absolute atomic E-state index is 0.153. The van der Waals surface area contributed by atoms with Crippen LogP contribution < -0.4 is 4.74 Å². The van der Waals surface area contributed by atoms with Gasteiger partial charge in [-0.2, -0.15) is 0 Å². The highest BCUT2D eigenvalue weighted by atomic mass is 16.5. The molecule has 1 N–H and O–H groups in total. The van der Waals surface area contributed by atoms with Crippen molar-refractivity contribution >= 4 is 11.8 Å². The lowest BCUT2D eigenvalue weighted by molar-refractivity contribution is -0.139. The van der Waals surface area contributed by atoms with Crippen LogP contribution >= 0.6 is 0 Å². The van der Waals surface area contributed by atoms with Crippen molar-refractivity contribution in [1.29, 1.82) is 0 Å². The maximum absolute atomic E-state index is 12.0. The van der Waals surface area contributed by atoms with Gasteiger partial charge >= 0.3 is 0 Å². The highest BCUT2D eigenvalue weighted by Crippen LogP contribution is 2.28. The number of likely N-dealkylation sites (tertiary alicyclic amines) is 1. The molecular weight excluding hydrogens is 258 g/mol. The molecule has 1 aromatic carbocycles. The van der Waals surface area contributed by atoms with Crippen LogP contribution in [0.3, 0.4) is 0 Å². The summed E-state index contributed by atoms with van der Waals surface area (Å²) in [5.74, 6) is 0.0366. The molecule has 1 saturated heterocycles. The SMILES string of the molecule is COc1ccc(C(C)O)cc1CN1C(=O)CC(C)C1=O. The normalized spacial score (nSPS) is 20.4. The standard InChI is InChI=1S/C15H19NO4/c1-9-6-14(18)16(15(9)19)8-12-7-11(10(2)17)4-5-13(12)20-3/h4-5,7,9-10,17H,6,8H2,1-3H3. The number of imide groups is 1. The topological polar surface area (TPSA) is 66.8 Å². The van der Waals surface area contributed by atoms with Crippen molar-refractivity contribution in [2.45, 2.75) is 32.9 Å². The molecule has 1 aliphatic rings. The lowest BCUT2D eigenvalue weighted by Crippen LogP contribution is -2.29. The zero-order valence-corrected chi connectivity index (χ0v) is 11.9. The summed E-state index contributed by atoms with van der Waals surface area (Å²) in [6, 6.07) is 5.28. The molecule has 2 rings (SSSR count). The molecule has 108 valence electrons. The summed E-state index contributed by atoms with van der Waals surface area (Å²) in [4.78, 5) is 25.0. The van der Waals surface area contributed by atoms with Gasteiger partial charge in [0.1, 0.15) is 5.75 Å². The van der Waals surface area contributed by atoms with E-state index in [0.717, 1.165) is 11.1 Å². The number of aliphatic hydroxyl groups is 1. The fraction of sp³-hybridized carbons (Fsp3) is 0.467.